The zero-order valence-electron chi connectivity index (χ0n) is 11.6. The molecule has 6 nitrogen and oxygen atoms in total. The van der Waals surface area contributed by atoms with Crippen LogP contribution < -0.4 is 4.74 Å². The molecule has 0 atom stereocenters. The third kappa shape index (κ3) is 3.70. The summed E-state index contributed by atoms with van der Waals surface area (Å²) in [6.45, 7) is 0. The van der Waals surface area contributed by atoms with Crippen molar-refractivity contribution >= 4 is 22.2 Å². The molecule has 0 amide bonds. The number of ether oxygens (including phenoxy) is 1. The molecule has 2 aromatic carbocycles. The van der Waals surface area contributed by atoms with Crippen molar-refractivity contribution < 1.29 is 23.1 Å². The van der Waals surface area contributed by atoms with Gasteiger partial charge in [-0.2, -0.15) is 12.8 Å². The van der Waals surface area contributed by atoms with Gasteiger partial charge in [-0.25, -0.2) is 4.79 Å². The van der Waals surface area contributed by atoms with Gasteiger partial charge in [0.25, 0.3) is 10.0 Å². The van der Waals surface area contributed by atoms with Crippen molar-refractivity contribution in [2.75, 3.05) is 7.11 Å². The van der Waals surface area contributed by atoms with Crippen LogP contribution in [0.2, 0.25) is 0 Å². The summed E-state index contributed by atoms with van der Waals surface area (Å²) in [5, 5.41) is 8.79. The van der Waals surface area contributed by atoms with Crippen LogP contribution in [0.4, 0.5) is 0 Å². The quantitative estimate of drug-likeness (QED) is 0.853. The summed E-state index contributed by atoms with van der Waals surface area (Å²) in [6.07, 6.45) is 1.17. The molecular formula is C15H13NO5S. The van der Waals surface area contributed by atoms with E-state index in [4.69, 9.17) is 9.84 Å². The Morgan fingerprint density at radius 2 is 1.68 bits per heavy atom. The predicted molar refractivity (Wildman–Crippen MR) is 81.2 cm³/mol. The molecular weight excluding hydrogens is 306 g/mol. The molecule has 2 rings (SSSR count). The Balaban J connectivity index is 2.21. The number of carboxylic acids is 1. The van der Waals surface area contributed by atoms with Crippen molar-refractivity contribution in [3.05, 3.63) is 59.7 Å². The number of nitrogens with zero attached hydrogens (tertiary/aromatic N) is 1. The average Bonchev–Trinajstić information content (AvgIpc) is 2.53. The van der Waals surface area contributed by atoms with Crippen molar-refractivity contribution in [2.24, 2.45) is 4.40 Å². The first-order chi connectivity index (χ1) is 10.4. The van der Waals surface area contributed by atoms with Gasteiger partial charge in [0.05, 0.1) is 17.6 Å². The predicted octanol–water partition coefficient (Wildman–Crippen LogP) is 2.20. The number of hydrogen-bond donors (Lipinski definition) is 1. The number of aromatic carboxylic acids is 1. The zero-order chi connectivity index (χ0) is 16.2. The Morgan fingerprint density at radius 1 is 1.09 bits per heavy atom. The standard InChI is InChI=1S/C15H13NO5S/c1-21-13-6-8-14(9-7-13)22(19,20)16-10-11-2-4-12(5-3-11)15(17)18/h2-10H,1H3,(H,17,18). The Kier molecular flexibility index (Phi) is 4.57. The van der Waals surface area contributed by atoms with E-state index in [1.54, 1.807) is 0 Å². The van der Waals surface area contributed by atoms with Gasteiger partial charge in [-0.1, -0.05) is 12.1 Å². The lowest BCUT2D eigenvalue weighted by molar-refractivity contribution is 0.0697. The topological polar surface area (TPSA) is 93.0 Å². The molecule has 114 valence electrons. The minimum Gasteiger partial charge on any atom is -0.497 e. The van der Waals surface area contributed by atoms with Crippen LogP contribution in [-0.2, 0) is 10.0 Å². The van der Waals surface area contributed by atoms with Crippen molar-refractivity contribution in [1.82, 2.24) is 0 Å². The van der Waals surface area contributed by atoms with E-state index in [1.807, 2.05) is 0 Å². The van der Waals surface area contributed by atoms with E-state index in [9.17, 15) is 13.2 Å². The maximum atomic E-state index is 12.0. The molecule has 0 heterocycles. The van der Waals surface area contributed by atoms with Gasteiger partial charge in [-0.3, -0.25) is 0 Å². The molecule has 0 radical (unpaired) electrons. The molecule has 0 saturated carbocycles. The van der Waals surface area contributed by atoms with Crippen LogP contribution in [0, 0.1) is 0 Å². The van der Waals surface area contributed by atoms with E-state index >= 15 is 0 Å². The highest BCUT2D eigenvalue weighted by Gasteiger charge is 2.11. The first kappa shape index (κ1) is 15.7. The van der Waals surface area contributed by atoms with E-state index in [1.165, 1.54) is 61.9 Å². The first-order valence-electron chi connectivity index (χ1n) is 6.20. The van der Waals surface area contributed by atoms with Gasteiger partial charge in [-0.05, 0) is 42.0 Å². The van der Waals surface area contributed by atoms with Crippen LogP contribution in [0.3, 0.4) is 0 Å². The first-order valence-corrected chi connectivity index (χ1v) is 7.64. The minimum atomic E-state index is -3.81. The lowest BCUT2D eigenvalue weighted by atomic mass is 10.1. The van der Waals surface area contributed by atoms with E-state index in [-0.39, 0.29) is 10.5 Å². The van der Waals surface area contributed by atoms with Crippen molar-refractivity contribution in [2.45, 2.75) is 4.90 Å². The third-order valence-corrected chi connectivity index (χ3v) is 4.11. The fourth-order valence-corrected chi connectivity index (χ4v) is 2.51. The van der Waals surface area contributed by atoms with E-state index in [2.05, 4.69) is 4.40 Å². The number of hydrogen-bond acceptors (Lipinski definition) is 4. The molecule has 2 aromatic rings. The Morgan fingerprint density at radius 3 is 2.18 bits per heavy atom. The van der Waals surface area contributed by atoms with Gasteiger partial charge in [0.1, 0.15) is 5.75 Å². The second-order valence-electron chi connectivity index (χ2n) is 4.31. The summed E-state index contributed by atoms with van der Waals surface area (Å²) in [4.78, 5) is 10.8. The third-order valence-electron chi connectivity index (χ3n) is 2.86. The smallest absolute Gasteiger partial charge is 0.335 e. The number of carboxylic acid groups (broad SMARTS) is 1. The van der Waals surface area contributed by atoms with Crippen LogP contribution in [-0.4, -0.2) is 32.8 Å². The molecule has 1 N–H and O–H groups in total. The summed E-state index contributed by atoms with van der Waals surface area (Å²) < 4.78 is 32.6. The second kappa shape index (κ2) is 6.40. The van der Waals surface area contributed by atoms with Crippen molar-refractivity contribution in [3.63, 3.8) is 0 Å². The number of methoxy groups -OCH3 is 1. The molecule has 0 fully saturated rings. The summed E-state index contributed by atoms with van der Waals surface area (Å²) in [5.41, 5.74) is 0.609. The maximum Gasteiger partial charge on any atom is 0.335 e. The summed E-state index contributed by atoms with van der Waals surface area (Å²) >= 11 is 0. The van der Waals surface area contributed by atoms with Crippen molar-refractivity contribution in [1.29, 1.82) is 0 Å². The van der Waals surface area contributed by atoms with Crippen LogP contribution >= 0.6 is 0 Å². The zero-order valence-corrected chi connectivity index (χ0v) is 12.4. The van der Waals surface area contributed by atoms with Gasteiger partial charge in [-0.15, -0.1) is 0 Å². The number of carbonyl (C=O) groups is 1. The van der Waals surface area contributed by atoms with Crippen LogP contribution in [0.25, 0.3) is 0 Å². The Hall–Kier alpha value is -2.67. The SMILES string of the molecule is COc1ccc(S(=O)(=O)N=Cc2ccc(C(=O)O)cc2)cc1. The Labute approximate surface area is 127 Å². The molecule has 7 heteroatoms. The molecule has 0 aromatic heterocycles. The summed E-state index contributed by atoms with van der Waals surface area (Å²) in [7, 11) is -2.32. The van der Waals surface area contributed by atoms with Crippen molar-refractivity contribution in [3.8, 4) is 5.75 Å². The van der Waals surface area contributed by atoms with Crippen LogP contribution in [0.1, 0.15) is 15.9 Å². The van der Waals surface area contributed by atoms with Gasteiger partial charge >= 0.3 is 5.97 Å². The molecule has 0 spiro atoms. The minimum absolute atomic E-state index is 0.0479. The number of benzene rings is 2. The number of sulfonamides is 1. The van der Waals surface area contributed by atoms with Gasteiger partial charge in [0.15, 0.2) is 0 Å². The molecule has 0 aliphatic heterocycles. The highest BCUT2D eigenvalue weighted by atomic mass is 32.2. The normalized spacial score (nSPS) is 11.5. The largest absolute Gasteiger partial charge is 0.497 e. The molecule has 22 heavy (non-hydrogen) atoms. The van der Waals surface area contributed by atoms with Crippen LogP contribution in [0.5, 0.6) is 5.75 Å². The fraction of sp³-hybridized carbons (Fsp3) is 0.0667. The highest BCUT2D eigenvalue weighted by molar-refractivity contribution is 7.90. The molecule has 0 aliphatic carbocycles. The average molecular weight is 319 g/mol. The van der Waals surface area contributed by atoms with Gasteiger partial charge in [0.2, 0.25) is 0 Å². The molecule has 0 bridgehead atoms. The van der Waals surface area contributed by atoms with E-state index in [0.29, 0.717) is 11.3 Å². The van der Waals surface area contributed by atoms with Crippen LogP contribution in [0.15, 0.2) is 57.8 Å². The monoisotopic (exact) mass is 319 g/mol. The molecule has 0 unspecified atom stereocenters. The Bertz CT molecular complexity index is 793. The maximum absolute atomic E-state index is 12.0. The van der Waals surface area contributed by atoms with E-state index < -0.39 is 16.0 Å². The highest BCUT2D eigenvalue weighted by Crippen LogP contribution is 2.17. The van der Waals surface area contributed by atoms with Gasteiger partial charge < -0.3 is 9.84 Å². The van der Waals surface area contributed by atoms with E-state index in [0.717, 1.165) is 0 Å². The van der Waals surface area contributed by atoms with Gasteiger partial charge in [0, 0.05) is 6.21 Å². The number of rotatable bonds is 5. The summed E-state index contributed by atoms with van der Waals surface area (Å²) in [6, 6.07) is 11.6. The lowest BCUT2D eigenvalue weighted by Crippen LogP contribution is -1.99. The lowest BCUT2D eigenvalue weighted by Gasteiger charge is -2.01. The molecule has 0 saturated heterocycles. The second-order valence-corrected chi connectivity index (χ2v) is 5.94. The summed E-state index contributed by atoms with van der Waals surface area (Å²) in [5.74, 6) is -0.499. The molecule has 0 aliphatic rings. The fourth-order valence-electron chi connectivity index (χ4n) is 1.65.